The predicted octanol–water partition coefficient (Wildman–Crippen LogP) is 9.32. The Bertz CT molecular complexity index is 1710. The van der Waals surface area contributed by atoms with E-state index in [1.165, 1.54) is 42.6 Å². The lowest BCUT2D eigenvalue weighted by atomic mass is 10.0. The van der Waals surface area contributed by atoms with Crippen molar-refractivity contribution >= 4 is 54.6 Å². The van der Waals surface area contributed by atoms with Gasteiger partial charge in [0.05, 0.1) is 5.00 Å². The highest BCUT2D eigenvalue weighted by atomic mass is 32.1. The van der Waals surface area contributed by atoms with Crippen LogP contribution >= 0.6 is 11.3 Å². The second-order valence-corrected chi connectivity index (χ2v) is 10.2. The molecule has 2 nitrogen and oxygen atoms in total. The lowest BCUT2D eigenvalue weighted by Crippen LogP contribution is -2.37. The van der Waals surface area contributed by atoms with Crippen molar-refractivity contribution in [3.8, 4) is 11.1 Å². The number of nitrogens with zero attached hydrogens (tertiary/aromatic N) is 1. The second kappa shape index (κ2) is 8.71. The first-order valence-corrected chi connectivity index (χ1v) is 13.0. The molecule has 1 unspecified atom stereocenters. The van der Waals surface area contributed by atoms with E-state index in [0.717, 1.165) is 11.4 Å². The van der Waals surface area contributed by atoms with E-state index < -0.39 is 0 Å². The summed E-state index contributed by atoms with van der Waals surface area (Å²) >= 11 is 1.82. The number of hydrogen-bond donors (Lipinski definition) is 1. The quantitative estimate of drug-likeness (QED) is 0.270. The van der Waals surface area contributed by atoms with Crippen molar-refractivity contribution in [2.75, 3.05) is 10.2 Å². The van der Waals surface area contributed by atoms with Gasteiger partial charge in [-0.1, -0.05) is 97.1 Å². The summed E-state index contributed by atoms with van der Waals surface area (Å²) in [5.74, 6) is 0. The number of benzene rings is 5. The Balaban J connectivity index is 1.32. The van der Waals surface area contributed by atoms with E-state index in [1.54, 1.807) is 0 Å². The Morgan fingerprint density at radius 3 is 2.17 bits per heavy atom. The van der Waals surface area contributed by atoms with Gasteiger partial charge in [-0.3, -0.25) is 0 Å². The zero-order valence-corrected chi connectivity index (χ0v) is 20.5. The van der Waals surface area contributed by atoms with E-state index in [9.17, 15) is 0 Å². The van der Waals surface area contributed by atoms with Crippen LogP contribution in [0.5, 0.6) is 0 Å². The SMILES string of the molecule is C1=CC(N(c2ccc(-c3ccccc3)cc2)c2ccc3ccccc3c2)Nc2sc3ccccc3c21. The lowest BCUT2D eigenvalue weighted by Gasteiger charge is -2.35. The van der Waals surface area contributed by atoms with Crippen molar-refractivity contribution in [3.05, 3.63) is 133 Å². The van der Waals surface area contributed by atoms with E-state index in [-0.39, 0.29) is 6.17 Å². The van der Waals surface area contributed by atoms with Crippen molar-refractivity contribution in [1.82, 2.24) is 0 Å². The molecule has 0 fully saturated rings. The van der Waals surface area contributed by atoms with Gasteiger partial charge in [0.25, 0.3) is 0 Å². The van der Waals surface area contributed by atoms with Gasteiger partial charge >= 0.3 is 0 Å². The van der Waals surface area contributed by atoms with Gasteiger partial charge in [0.1, 0.15) is 6.17 Å². The smallest absolute Gasteiger partial charge is 0.124 e. The van der Waals surface area contributed by atoms with Crippen LogP contribution in [0.2, 0.25) is 0 Å². The number of thiophene rings is 1. The van der Waals surface area contributed by atoms with Crippen LogP contribution in [0.4, 0.5) is 16.4 Å². The van der Waals surface area contributed by atoms with Crippen LogP contribution in [0.3, 0.4) is 0 Å². The number of hydrogen-bond acceptors (Lipinski definition) is 3. The third-order valence-electron chi connectivity index (χ3n) is 6.90. The molecule has 2 heterocycles. The topological polar surface area (TPSA) is 15.3 Å². The van der Waals surface area contributed by atoms with Crippen LogP contribution < -0.4 is 10.2 Å². The molecule has 5 aromatic carbocycles. The molecule has 3 heteroatoms. The van der Waals surface area contributed by atoms with Crippen LogP contribution in [-0.4, -0.2) is 6.17 Å². The van der Waals surface area contributed by atoms with E-state index in [2.05, 4.69) is 144 Å². The molecule has 36 heavy (non-hydrogen) atoms. The van der Waals surface area contributed by atoms with Gasteiger partial charge in [0.2, 0.25) is 0 Å². The summed E-state index contributed by atoms with van der Waals surface area (Å²) in [5, 5.41) is 8.85. The molecule has 7 rings (SSSR count). The Kier molecular flexibility index (Phi) is 5.07. The van der Waals surface area contributed by atoms with Crippen molar-refractivity contribution in [2.45, 2.75) is 6.17 Å². The molecule has 172 valence electrons. The number of fused-ring (bicyclic) bond motifs is 4. The molecule has 0 aliphatic carbocycles. The summed E-state index contributed by atoms with van der Waals surface area (Å²) in [6.07, 6.45) is 4.55. The van der Waals surface area contributed by atoms with E-state index >= 15 is 0 Å². The highest BCUT2D eigenvalue weighted by Crippen LogP contribution is 2.41. The first-order valence-electron chi connectivity index (χ1n) is 12.2. The fourth-order valence-electron chi connectivity index (χ4n) is 5.10. The molecule has 0 bridgehead atoms. The van der Waals surface area contributed by atoms with Gasteiger partial charge in [-0.05, 0) is 58.3 Å². The summed E-state index contributed by atoms with van der Waals surface area (Å²) in [6, 6.07) is 43.4. The van der Waals surface area contributed by atoms with Crippen molar-refractivity contribution in [1.29, 1.82) is 0 Å². The molecule has 1 N–H and O–H groups in total. The van der Waals surface area contributed by atoms with E-state index in [0.29, 0.717) is 0 Å². The Morgan fingerprint density at radius 2 is 1.31 bits per heavy atom. The summed E-state index contributed by atoms with van der Waals surface area (Å²) in [5.41, 5.74) is 6.04. The number of anilines is 3. The summed E-state index contributed by atoms with van der Waals surface area (Å²) < 4.78 is 1.31. The Hall–Kier alpha value is -4.34. The Morgan fingerprint density at radius 1 is 0.611 bits per heavy atom. The minimum atomic E-state index is -0.00528. The van der Waals surface area contributed by atoms with Crippen molar-refractivity contribution in [2.24, 2.45) is 0 Å². The van der Waals surface area contributed by atoms with E-state index in [4.69, 9.17) is 0 Å². The van der Waals surface area contributed by atoms with Crippen LogP contribution in [0.1, 0.15) is 5.56 Å². The normalized spacial score (nSPS) is 14.5. The lowest BCUT2D eigenvalue weighted by molar-refractivity contribution is 0.882. The van der Waals surface area contributed by atoms with Gasteiger partial charge in [0, 0.05) is 27.0 Å². The molecular formula is C33H24N2S. The third-order valence-corrected chi connectivity index (χ3v) is 8.02. The standard InChI is InChI=1S/C33H24N2S/c1-2-8-23(9-3-1)25-14-17-27(18-15-25)35(28-19-16-24-10-4-5-11-26(24)22-28)32-21-20-30-29-12-6-7-13-31(29)36-33(30)34-32/h1-22,32,34H. The van der Waals surface area contributed by atoms with Crippen molar-refractivity contribution < 1.29 is 0 Å². The fraction of sp³-hybridized carbons (Fsp3) is 0.0303. The maximum absolute atomic E-state index is 3.84. The number of nitrogens with one attached hydrogen (secondary N) is 1. The average Bonchev–Trinajstić information content (AvgIpc) is 3.32. The van der Waals surface area contributed by atoms with Crippen LogP contribution in [0.15, 0.2) is 127 Å². The maximum Gasteiger partial charge on any atom is 0.124 e. The van der Waals surface area contributed by atoms with Gasteiger partial charge < -0.3 is 10.2 Å². The predicted molar refractivity (Wildman–Crippen MR) is 156 cm³/mol. The first-order chi connectivity index (χ1) is 17.8. The van der Waals surface area contributed by atoms with Gasteiger partial charge in [0.15, 0.2) is 0 Å². The van der Waals surface area contributed by atoms with Crippen LogP contribution in [0.25, 0.3) is 38.1 Å². The summed E-state index contributed by atoms with van der Waals surface area (Å²) in [7, 11) is 0. The molecule has 1 aromatic heterocycles. The molecule has 0 saturated carbocycles. The van der Waals surface area contributed by atoms with Crippen molar-refractivity contribution in [3.63, 3.8) is 0 Å². The highest BCUT2D eigenvalue weighted by molar-refractivity contribution is 7.23. The van der Waals surface area contributed by atoms with Gasteiger partial charge in [-0.15, -0.1) is 11.3 Å². The maximum atomic E-state index is 3.84. The van der Waals surface area contributed by atoms with Gasteiger partial charge in [-0.2, -0.15) is 0 Å². The number of rotatable bonds is 4. The monoisotopic (exact) mass is 480 g/mol. The summed E-state index contributed by atoms with van der Waals surface area (Å²) in [4.78, 5) is 2.39. The molecule has 1 aliphatic heterocycles. The fourth-order valence-corrected chi connectivity index (χ4v) is 6.22. The van der Waals surface area contributed by atoms with E-state index in [1.807, 2.05) is 11.3 Å². The van der Waals surface area contributed by atoms with Crippen LogP contribution in [0, 0.1) is 0 Å². The largest absolute Gasteiger partial charge is 0.353 e. The summed E-state index contributed by atoms with van der Waals surface area (Å²) in [6.45, 7) is 0. The molecule has 1 aliphatic rings. The van der Waals surface area contributed by atoms with Crippen LogP contribution in [-0.2, 0) is 0 Å². The van der Waals surface area contributed by atoms with Gasteiger partial charge in [-0.25, -0.2) is 0 Å². The molecule has 1 atom stereocenters. The minimum Gasteiger partial charge on any atom is -0.353 e. The zero-order valence-electron chi connectivity index (χ0n) is 19.6. The second-order valence-electron chi connectivity index (χ2n) is 9.10. The molecule has 6 aromatic rings. The third kappa shape index (κ3) is 3.65. The Labute approximate surface area is 214 Å². The average molecular weight is 481 g/mol. The minimum absolute atomic E-state index is 0.00528. The zero-order chi connectivity index (χ0) is 23.9. The molecule has 0 radical (unpaired) electrons. The first kappa shape index (κ1) is 21.0. The molecular weight excluding hydrogens is 456 g/mol. The highest BCUT2D eigenvalue weighted by Gasteiger charge is 2.24. The molecule has 0 amide bonds. The molecule has 0 saturated heterocycles. The molecule has 0 spiro atoms.